The molecule has 0 fully saturated rings. The molecule has 0 saturated carbocycles. The Labute approximate surface area is 252 Å². The molecular formula is C35H45N2O4S+. The van der Waals surface area contributed by atoms with Crippen molar-refractivity contribution in [3.05, 3.63) is 101 Å². The molecule has 1 aliphatic rings. The Morgan fingerprint density at radius 3 is 2.29 bits per heavy atom. The summed E-state index contributed by atoms with van der Waals surface area (Å²) in [5, 5.41) is 2.07. The maximum atomic E-state index is 11.8. The third-order valence-electron chi connectivity index (χ3n) is 8.65. The molecule has 0 aromatic heterocycles. The lowest BCUT2D eigenvalue weighted by Crippen LogP contribution is -2.47. The van der Waals surface area contributed by atoms with Crippen molar-refractivity contribution < 1.29 is 23.1 Å². The van der Waals surface area contributed by atoms with Crippen molar-refractivity contribution in [2.24, 2.45) is 0 Å². The van der Waals surface area contributed by atoms with E-state index in [1.807, 2.05) is 65.0 Å². The van der Waals surface area contributed by atoms with Gasteiger partial charge in [0, 0.05) is 24.2 Å². The summed E-state index contributed by atoms with van der Waals surface area (Å²) in [7, 11) is -3.26. The largest absolute Gasteiger partial charge is 0.454 e. The number of nitrogens with zero attached hydrogens (tertiary/aromatic N) is 2. The van der Waals surface area contributed by atoms with Gasteiger partial charge in [-0.3, -0.25) is 9.11 Å². The number of hydrogen-bond donors (Lipinski definition) is 2. The van der Waals surface area contributed by atoms with Crippen LogP contribution < -0.4 is 9.47 Å². The van der Waals surface area contributed by atoms with E-state index in [0.29, 0.717) is 29.5 Å². The summed E-state index contributed by atoms with van der Waals surface area (Å²) in [5.74, 6) is 1.39. The molecule has 4 aromatic carbocycles. The molecule has 5 rings (SSSR count). The van der Waals surface area contributed by atoms with Gasteiger partial charge in [-0.15, -0.1) is 10.8 Å². The summed E-state index contributed by atoms with van der Waals surface area (Å²) in [6.45, 7) is 14.2. The molecule has 0 amide bonds. The lowest BCUT2D eigenvalue weighted by molar-refractivity contribution is -0.938. The Bertz CT molecular complexity index is 1500. The van der Waals surface area contributed by atoms with Crippen LogP contribution in [0.15, 0.2) is 83.8 Å². The summed E-state index contributed by atoms with van der Waals surface area (Å²) >= 11 is 0. The van der Waals surface area contributed by atoms with E-state index >= 15 is 0 Å². The van der Waals surface area contributed by atoms with Gasteiger partial charge in [0.1, 0.15) is 6.54 Å². The topological polar surface area (TPSA) is 62.2 Å². The molecule has 4 aromatic rings. The average molecular weight is 590 g/mol. The monoisotopic (exact) mass is 589 g/mol. The molecule has 2 N–H and O–H groups in total. The third-order valence-corrected chi connectivity index (χ3v) is 10.6. The Hall–Kier alpha value is -3.07. The maximum absolute atomic E-state index is 11.8. The second kappa shape index (κ2) is 13.1. The van der Waals surface area contributed by atoms with Gasteiger partial charge in [-0.25, -0.2) is 0 Å². The van der Waals surface area contributed by atoms with Crippen molar-refractivity contribution in [2.75, 3.05) is 33.0 Å². The average Bonchev–Trinajstić information content (AvgIpc) is 3.47. The van der Waals surface area contributed by atoms with Gasteiger partial charge in [0.25, 0.3) is 0 Å². The van der Waals surface area contributed by atoms with E-state index in [1.165, 1.54) is 16.7 Å². The van der Waals surface area contributed by atoms with Gasteiger partial charge in [0.15, 0.2) is 11.5 Å². The predicted octanol–water partition coefficient (Wildman–Crippen LogP) is 8.55. The summed E-state index contributed by atoms with van der Waals surface area (Å²) in [6, 6.07) is 26.4. The molecule has 0 saturated heterocycles. The Kier molecular flexibility index (Phi) is 9.45. The summed E-state index contributed by atoms with van der Waals surface area (Å²) < 4.78 is 37.8. The van der Waals surface area contributed by atoms with Gasteiger partial charge in [0.2, 0.25) is 6.79 Å². The van der Waals surface area contributed by atoms with E-state index in [1.54, 1.807) is 0 Å². The summed E-state index contributed by atoms with van der Waals surface area (Å²) in [4.78, 5) is 0.535. The molecule has 1 heterocycles. The van der Waals surface area contributed by atoms with E-state index in [2.05, 4.69) is 45.9 Å². The van der Waals surface area contributed by atoms with E-state index in [-0.39, 0.29) is 6.79 Å². The molecule has 0 bridgehead atoms. The van der Waals surface area contributed by atoms with Gasteiger partial charge < -0.3 is 14.0 Å². The molecule has 0 radical (unpaired) electrons. The van der Waals surface area contributed by atoms with E-state index in [0.717, 1.165) is 59.8 Å². The van der Waals surface area contributed by atoms with Crippen molar-refractivity contribution in [1.82, 2.24) is 4.31 Å². The highest BCUT2D eigenvalue weighted by Crippen LogP contribution is 2.53. The molecule has 0 aliphatic carbocycles. The van der Waals surface area contributed by atoms with Crippen LogP contribution in [-0.4, -0.2) is 50.9 Å². The van der Waals surface area contributed by atoms with E-state index in [4.69, 9.17) is 9.47 Å². The van der Waals surface area contributed by atoms with Crippen LogP contribution >= 0.6 is 10.8 Å². The van der Waals surface area contributed by atoms with Gasteiger partial charge in [-0.2, -0.15) is 4.31 Å². The highest BCUT2D eigenvalue weighted by Gasteiger charge is 2.29. The first kappa shape index (κ1) is 30.4. The number of quaternary nitrogens is 1. The standard InChI is InChI=1S/C35H44N2O4S/c1-5-37(6-2,25-29-21-27(3)20-28(4)22-29)19-10-9-18-36(24-32-14-11-15-34-35(32)41-26-40-34)42(38,39)33-17-16-30-12-7-8-13-31(30)23-33/h7-8,11-17,20-23H,5-6,9-10,18-19,24-26H2,1-4H3,(H-,38,39)/p+1. The van der Waals surface area contributed by atoms with Crippen LogP contribution in [0.2, 0.25) is 0 Å². The highest BCUT2D eigenvalue weighted by molar-refractivity contribution is 8.22. The number of hydrogen-bond acceptors (Lipinski definition) is 5. The molecule has 1 aliphatic heterocycles. The first-order chi connectivity index (χ1) is 20.2. The van der Waals surface area contributed by atoms with Gasteiger partial charge in [-0.05, 0) is 69.5 Å². The normalized spacial score (nSPS) is 13.7. The fourth-order valence-electron chi connectivity index (χ4n) is 6.21. The van der Waals surface area contributed by atoms with Gasteiger partial charge in [-0.1, -0.05) is 71.8 Å². The lowest BCUT2D eigenvalue weighted by atomic mass is 10.1. The van der Waals surface area contributed by atoms with Crippen molar-refractivity contribution in [3.63, 3.8) is 0 Å². The quantitative estimate of drug-likeness (QED) is 0.121. The Morgan fingerprint density at radius 1 is 0.810 bits per heavy atom. The molecule has 0 unspecified atom stereocenters. The zero-order valence-electron chi connectivity index (χ0n) is 25.4. The smallest absolute Gasteiger partial charge is 0.231 e. The molecule has 7 heteroatoms. The van der Waals surface area contributed by atoms with Gasteiger partial charge >= 0.3 is 0 Å². The van der Waals surface area contributed by atoms with Crippen molar-refractivity contribution in [2.45, 2.75) is 58.5 Å². The van der Waals surface area contributed by atoms with Crippen LogP contribution in [0.5, 0.6) is 11.5 Å². The van der Waals surface area contributed by atoms with Crippen molar-refractivity contribution in [1.29, 1.82) is 0 Å². The third kappa shape index (κ3) is 6.77. The SMILES string of the molecule is CC[N+](CC)(CCCCN(Cc1cccc2c1OCO2)S(O)(O)c1ccc2ccccc2c1)Cc1cc(C)cc(C)c1. The zero-order valence-corrected chi connectivity index (χ0v) is 26.2. The number of ether oxygens (including phenoxy) is 2. The second-order valence-electron chi connectivity index (χ2n) is 11.6. The number of rotatable bonds is 13. The van der Waals surface area contributed by atoms with Crippen LogP contribution in [0, 0.1) is 13.8 Å². The predicted molar refractivity (Wildman–Crippen MR) is 173 cm³/mol. The Balaban J connectivity index is 1.35. The zero-order chi connectivity index (χ0) is 29.7. The number of para-hydroxylation sites is 1. The molecule has 42 heavy (non-hydrogen) atoms. The first-order valence-corrected chi connectivity index (χ1v) is 16.6. The molecular weight excluding hydrogens is 544 g/mol. The van der Waals surface area contributed by atoms with Gasteiger partial charge in [0.05, 0.1) is 24.5 Å². The highest BCUT2D eigenvalue weighted by atomic mass is 32.3. The molecule has 6 nitrogen and oxygen atoms in total. The minimum absolute atomic E-state index is 0.182. The minimum atomic E-state index is -3.26. The Morgan fingerprint density at radius 2 is 1.55 bits per heavy atom. The van der Waals surface area contributed by atoms with E-state index < -0.39 is 10.8 Å². The molecule has 0 spiro atoms. The minimum Gasteiger partial charge on any atom is -0.454 e. The first-order valence-electron chi connectivity index (χ1n) is 15.0. The summed E-state index contributed by atoms with van der Waals surface area (Å²) in [5.41, 5.74) is 4.91. The fourth-order valence-corrected chi connectivity index (χ4v) is 7.75. The number of benzene rings is 4. The van der Waals surface area contributed by atoms with Crippen molar-refractivity contribution in [3.8, 4) is 11.5 Å². The molecule has 0 atom stereocenters. The van der Waals surface area contributed by atoms with E-state index in [9.17, 15) is 9.11 Å². The lowest BCUT2D eigenvalue weighted by Gasteiger charge is -2.43. The molecule has 224 valence electrons. The number of fused-ring (bicyclic) bond motifs is 2. The maximum Gasteiger partial charge on any atom is 0.231 e. The summed E-state index contributed by atoms with van der Waals surface area (Å²) in [6.07, 6.45) is 1.84. The van der Waals surface area contributed by atoms with Crippen LogP contribution in [0.4, 0.5) is 0 Å². The number of aryl methyl sites for hydroxylation is 2. The number of unbranched alkanes of at least 4 members (excludes halogenated alkanes) is 1. The van der Waals surface area contributed by atoms with Crippen molar-refractivity contribution >= 4 is 21.5 Å². The van der Waals surface area contributed by atoms with Crippen LogP contribution in [0.3, 0.4) is 0 Å². The fraction of sp³-hybridized carbons (Fsp3) is 0.371. The second-order valence-corrected chi connectivity index (χ2v) is 13.6. The van der Waals surface area contributed by atoms with Crippen LogP contribution in [0.25, 0.3) is 10.8 Å². The van der Waals surface area contributed by atoms with Crippen LogP contribution in [-0.2, 0) is 13.1 Å². The van der Waals surface area contributed by atoms with Crippen LogP contribution in [0.1, 0.15) is 48.9 Å².